The van der Waals surface area contributed by atoms with Crippen LogP contribution in [0.1, 0.15) is 39.0 Å². The van der Waals surface area contributed by atoms with Gasteiger partial charge in [-0.05, 0) is 31.8 Å². The van der Waals surface area contributed by atoms with Crippen LogP contribution in [0.15, 0.2) is 0 Å². The van der Waals surface area contributed by atoms with Crippen LogP contribution in [0, 0.1) is 11.8 Å². The summed E-state index contributed by atoms with van der Waals surface area (Å²) in [5.41, 5.74) is 0. The average molecular weight is 155 g/mol. The maximum absolute atomic E-state index is 3.24. The van der Waals surface area contributed by atoms with E-state index in [9.17, 15) is 0 Å². The highest BCUT2D eigenvalue weighted by Crippen LogP contribution is 2.35. The molecule has 1 heteroatoms. The van der Waals surface area contributed by atoms with Gasteiger partial charge >= 0.3 is 0 Å². The third-order valence-electron chi connectivity index (χ3n) is 3.11. The maximum atomic E-state index is 3.24. The molecule has 0 aromatic rings. The summed E-state index contributed by atoms with van der Waals surface area (Å²) in [6, 6.07) is 0. The molecule has 0 aromatic carbocycles. The van der Waals surface area contributed by atoms with E-state index in [4.69, 9.17) is 0 Å². The van der Waals surface area contributed by atoms with Gasteiger partial charge in [0.15, 0.2) is 0 Å². The summed E-state index contributed by atoms with van der Waals surface area (Å²) < 4.78 is 0. The summed E-state index contributed by atoms with van der Waals surface area (Å²) in [5, 5.41) is 3.24. The lowest BCUT2D eigenvalue weighted by atomic mass is 9.91. The number of hydrogen-bond acceptors (Lipinski definition) is 1. The fourth-order valence-electron chi connectivity index (χ4n) is 2.36. The van der Waals surface area contributed by atoms with Crippen LogP contribution < -0.4 is 5.32 Å². The van der Waals surface area contributed by atoms with Gasteiger partial charge in [0.25, 0.3) is 0 Å². The zero-order valence-corrected chi connectivity index (χ0v) is 7.90. The van der Waals surface area contributed by atoms with Gasteiger partial charge in [0.05, 0.1) is 0 Å². The molecule has 0 aliphatic heterocycles. The van der Waals surface area contributed by atoms with E-state index in [0.717, 1.165) is 11.8 Å². The lowest BCUT2D eigenvalue weighted by Crippen LogP contribution is -2.15. The van der Waals surface area contributed by atoms with Gasteiger partial charge in [-0.3, -0.25) is 0 Å². The highest BCUT2D eigenvalue weighted by atomic mass is 14.8. The molecule has 2 atom stereocenters. The Labute approximate surface area is 70.6 Å². The van der Waals surface area contributed by atoms with E-state index in [2.05, 4.69) is 19.3 Å². The Morgan fingerprint density at radius 2 is 2.00 bits per heavy atom. The first-order chi connectivity index (χ1) is 5.38. The first kappa shape index (κ1) is 9.05. The van der Waals surface area contributed by atoms with E-state index in [1.54, 1.807) is 0 Å². The van der Waals surface area contributed by atoms with Gasteiger partial charge in [0, 0.05) is 0 Å². The fraction of sp³-hybridized carbons (Fsp3) is 1.00. The molecule has 2 unspecified atom stereocenters. The van der Waals surface area contributed by atoms with Crippen LogP contribution in [0.4, 0.5) is 0 Å². The molecule has 1 rings (SSSR count). The molecule has 0 heterocycles. The Morgan fingerprint density at radius 3 is 2.64 bits per heavy atom. The molecule has 1 N–H and O–H groups in total. The molecule has 0 amide bonds. The van der Waals surface area contributed by atoms with Gasteiger partial charge in [-0.1, -0.05) is 32.6 Å². The molecule has 0 bridgehead atoms. The van der Waals surface area contributed by atoms with Gasteiger partial charge < -0.3 is 5.32 Å². The minimum atomic E-state index is 1.03. The summed E-state index contributed by atoms with van der Waals surface area (Å²) in [5.74, 6) is 2.08. The van der Waals surface area contributed by atoms with Gasteiger partial charge in [-0.15, -0.1) is 0 Å². The van der Waals surface area contributed by atoms with Crippen LogP contribution in [-0.4, -0.2) is 13.6 Å². The molecular weight excluding hydrogens is 134 g/mol. The minimum absolute atomic E-state index is 1.03. The molecule has 1 fully saturated rings. The summed E-state index contributed by atoms with van der Waals surface area (Å²) in [4.78, 5) is 0. The maximum Gasteiger partial charge on any atom is -0.00492 e. The molecule has 0 spiro atoms. The van der Waals surface area contributed by atoms with Gasteiger partial charge in [0.1, 0.15) is 0 Å². The second-order valence-corrected chi connectivity index (χ2v) is 3.75. The Kier molecular flexibility index (Phi) is 3.92. The van der Waals surface area contributed by atoms with Crippen molar-refractivity contribution in [2.45, 2.75) is 39.0 Å². The molecule has 11 heavy (non-hydrogen) atoms. The highest BCUT2D eigenvalue weighted by Gasteiger charge is 2.24. The van der Waals surface area contributed by atoms with E-state index in [1.807, 2.05) is 0 Å². The Morgan fingerprint density at radius 1 is 1.27 bits per heavy atom. The van der Waals surface area contributed by atoms with E-state index < -0.39 is 0 Å². The number of nitrogens with one attached hydrogen (secondary N) is 1. The zero-order chi connectivity index (χ0) is 8.10. The molecule has 66 valence electrons. The molecule has 1 aliphatic carbocycles. The first-order valence-electron chi connectivity index (χ1n) is 5.03. The van der Waals surface area contributed by atoms with E-state index in [0.29, 0.717) is 0 Å². The van der Waals surface area contributed by atoms with Crippen LogP contribution in [0.25, 0.3) is 0 Å². The van der Waals surface area contributed by atoms with Crippen molar-refractivity contribution in [1.29, 1.82) is 0 Å². The normalized spacial score (nSPS) is 31.1. The number of rotatable bonds is 4. The second kappa shape index (κ2) is 4.76. The summed E-state index contributed by atoms with van der Waals surface area (Å²) in [6.45, 7) is 3.55. The van der Waals surface area contributed by atoms with E-state index in [-0.39, 0.29) is 0 Å². The third kappa shape index (κ3) is 2.48. The van der Waals surface area contributed by atoms with Crippen molar-refractivity contribution in [2.24, 2.45) is 11.8 Å². The SMILES string of the molecule is CCC1CCCC1CCNC. The van der Waals surface area contributed by atoms with Crippen molar-refractivity contribution in [3.8, 4) is 0 Å². The van der Waals surface area contributed by atoms with Crippen molar-refractivity contribution >= 4 is 0 Å². The first-order valence-corrected chi connectivity index (χ1v) is 5.03. The van der Waals surface area contributed by atoms with Crippen molar-refractivity contribution in [3.05, 3.63) is 0 Å². The second-order valence-electron chi connectivity index (χ2n) is 3.75. The summed E-state index contributed by atoms with van der Waals surface area (Å²) in [7, 11) is 2.05. The Bertz CT molecular complexity index is 101. The van der Waals surface area contributed by atoms with Crippen molar-refractivity contribution in [3.63, 3.8) is 0 Å². The van der Waals surface area contributed by atoms with Crippen molar-refractivity contribution < 1.29 is 0 Å². The summed E-state index contributed by atoms with van der Waals surface area (Å²) in [6.07, 6.45) is 7.25. The van der Waals surface area contributed by atoms with Gasteiger partial charge in [0.2, 0.25) is 0 Å². The van der Waals surface area contributed by atoms with E-state index in [1.165, 1.54) is 38.6 Å². The molecule has 0 aromatic heterocycles. The molecule has 1 aliphatic rings. The lowest BCUT2D eigenvalue weighted by Gasteiger charge is -2.17. The van der Waals surface area contributed by atoms with Gasteiger partial charge in [-0.2, -0.15) is 0 Å². The van der Waals surface area contributed by atoms with Crippen LogP contribution in [0.5, 0.6) is 0 Å². The molecular formula is C10H21N. The topological polar surface area (TPSA) is 12.0 Å². The predicted molar refractivity (Wildman–Crippen MR) is 49.7 cm³/mol. The standard InChI is InChI=1S/C10H21N/c1-3-9-5-4-6-10(9)7-8-11-2/h9-11H,3-8H2,1-2H3. The molecule has 1 saturated carbocycles. The summed E-state index contributed by atoms with van der Waals surface area (Å²) >= 11 is 0. The average Bonchev–Trinajstić information content (AvgIpc) is 2.47. The predicted octanol–water partition coefficient (Wildman–Crippen LogP) is 2.42. The quantitative estimate of drug-likeness (QED) is 0.657. The van der Waals surface area contributed by atoms with E-state index >= 15 is 0 Å². The van der Waals surface area contributed by atoms with Crippen LogP contribution >= 0.6 is 0 Å². The lowest BCUT2D eigenvalue weighted by molar-refractivity contribution is 0.352. The minimum Gasteiger partial charge on any atom is -0.320 e. The van der Waals surface area contributed by atoms with Crippen LogP contribution in [0.2, 0.25) is 0 Å². The monoisotopic (exact) mass is 155 g/mol. The zero-order valence-electron chi connectivity index (χ0n) is 7.90. The Balaban J connectivity index is 2.20. The molecule has 0 saturated heterocycles. The molecule has 0 radical (unpaired) electrons. The number of hydrogen-bond donors (Lipinski definition) is 1. The smallest absolute Gasteiger partial charge is 0.00492 e. The fourth-order valence-corrected chi connectivity index (χ4v) is 2.36. The third-order valence-corrected chi connectivity index (χ3v) is 3.11. The largest absolute Gasteiger partial charge is 0.320 e. The van der Waals surface area contributed by atoms with Crippen LogP contribution in [0.3, 0.4) is 0 Å². The Hall–Kier alpha value is -0.0400. The van der Waals surface area contributed by atoms with Crippen molar-refractivity contribution in [1.82, 2.24) is 5.32 Å². The highest BCUT2D eigenvalue weighted by molar-refractivity contribution is 4.76. The van der Waals surface area contributed by atoms with Crippen molar-refractivity contribution in [2.75, 3.05) is 13.6 Å². The van der Waals surface area contributed by atoms with Crippen LogP contribution in [-0.2, 0) is 0 Å². The van der Waals surface area contributed by atoms with Gasteiger partial charge in [-0.25, -0.2) is 0 Å². The molecule has 1 nitrogen and oxygen atoms in total.